The Balaban J connectivity index is 1.28. The van der Waals surface area contributed by atoms with Gasteiger partial charge in [-0.25, -0.2) is 0 Å². The molecule has 0 amide bonds. The van der Waals surface area contributed by atoms with E-state index in [1.807, 2.05) is 18.3 Å². The molecule has 7 heteroatoms. The van der Waals surface area contributed by atoms with Crippen molar-refractivity contribution in [3.8, 4) is 0 Å². The van der Waals surface area contributed by atoms with Gasteiger partial charge in [0, 0.05) is 31.4 Å². The van der Waals surface area contributed by atoms with Crippen LogP contribution in [0.5, 0.6) is 0 Å². The standard InChI is InChI=1S/C30H36N4O2S/c1-4-36-29(35)15-13-21-12-14-26-30(20(21)2)34(31-32(26)3)25-10-7-9-23-19-33(17-16-24(23)25)28-18-22-8-5-6-11-27(22)37-28/h7,9-10,12,14,18,31H,4-6,8,11,13,15-17,19H2,1-3H3. The fourth-order valence-electron chi connectivity index (χ4n) is 6.07. The maximum absolute atomic E-state index is 12.0. The molecule has 3 aromatic rings. The van der Waals surface area contributed by atoms with Crippen molar-refractivity contribution in [2.75, 3.05) is 35.1 Å². The number of anilines is 4. The number of hydrogen-bond acceptors (Lipinski definition) is 7. The summed E-state index contributed by atoms with van der Waals surface area (Å²) in [7, 11) is 2.06. The van der Waals surface area contributed by atoms with Gasteiger partial charge in [-0.3, -0.25) is 14.8 Å². The molecule has 0 unspecified atom stereocenters. The number of nitrogens with one attached hydrogen (secondary N) is 1. The Morgan fingerprint density at radius 2 is 1.95 bits per heavy atom. The number of rotatable bonds is 6. The Labute approximate surface area is 223 Å². The molecule has 3 heterocycles. The zero-order valence-corrected chi connectivity index (χ0v) is 22.9. The molecule has 1 aliphatic carbocycles. The number of hydrogen-bond donors (Lipinski definition) is 1. The monoisotopic (exact) mass is 516 g/mol. The van der Waals surface area contributed by atoms with Gasteiger partial charge in [-0.2, -0.15) is 0 Å². The number of benzene rings is 2. The van der Waals surface area contributed by atoms with Gasteiger partial charge >= 0.3 is 5.97 Å². The van der Waals surface area contributed by atoms with E-state index in [1.165, 1.54) is 64.3 Å². The molecule has 2 aromatic carbocycles. The first-order chi connectivity index (χ1) is 18.0. The van der Waals surface area contributed by atoms with Crippen LogP contribution in [-0.4, -0.2) is 26.2 Å². The van der Waals surface area contributed by atoms with Crippen LogP contribution in [0.1, 0.15) is 58.9 Å². The molecule has 0 fully saturated rings. The van der Waals surface area contributed by atoms with Crippen LogP contribution in [0.2, 0.25) is 0 Å². The van der Waals surface area contributed by atoms with Crippen LogP contribution in [-0.2, 0) is 41.8 Å². The maximum Gasteiger partial charge on any atom is 0.306 e. The Morgan fingerprint density at radius 3 is 2.78 bits per heavy atom. The van der Waals surface area contributed by atoms with Gasteiger partial charge in [0.15, 0.2) is 0 Å². The summed E-state index contributed by atoms with van der Waals surface area (Å²) >= 11 is 2.01. The van der Waals surface area contributed by atoms with Crippen LogP contribution < -0.4 is 20.5 Å². The summed E-state index contributed by atoms with van der Waals surface area (Å²) in [4.78, 5) is 16.2. The van der Waals surface area contributed by atoms with E-state index in [2.05, 4.69) is 70.8 Å². The zero-order valence-electron chi connectivity index (χ0n) is 22.1. The highest BCUT2D eigenvalue weighted by atomic mass is 32.1. The number of fused-ring (bicyclic) bond motifs is 3. The molecule has 194 valence electrons. The van der Waals surface area contributed by atoms with Crippen molar-refractivity contribution >= 4 is 39.4 Å². The molecule has 0 saturated heterocycles. The van der Waals surface area contributed by atoms with Crippen molar-refractivity contribution in [1.82, 2.24) is 5.53 Å². The van der Waals surface area contributed by atoms with Crippen molar-refractivity contribution in [3.05, 3.63) is 69.1 Å². The summed E-state index contributed by atoms with van der Waals surface area (Å²) in [5.74, 6) is -0.136. The normalized spacial score (nSPS) is 16.5. The van der Waals surface area contributed by atoms with E-state index in [1.54, 1.807) is 10.4 Å². The van der Waals surface area contributed by atoms with Crippen molar-refractivity contribution < 1.29 is 9.53 Å². The summed E-state index contributed by atoms with van der Waals surface area (Å²) in [5, 5.41) is 5.77. The SMILES string of the molecule is CCOC(=O)CCc1ccc2c(c1C)N(c1cccc3c1CCN(c1cc4c(s1)CCCC4)C3)NN2C. The highest BCUT2D eigenvalue weighted by molar-refractivity contribution is 7.16. The first kappa shape index (κ1) is 24.3. The third-order valence-corrected chi connectivity index (χ3v) is 9.34. The topological polar surface area (TPSA) is 48.1 Å². The van der Waals surface area contributed by atoms with Gasteiger partial charge in [0.05, 0.1) is 28.7 Å². The number of esters is 1. The second-order valence-corrected chi connectivity index (χ2v) is 11.5. The Morgan fingerprint density at radius 1 is 1.08 bits per heavy atom. The minimum Gasteiger partial charge on any atom is -0.466 e. The summed E-state index contributed by atoms with van der Waals surface area (Å²) in [6.45, 7) is 6.44. The van der Waals surface area contributed by atoms with E-state index in [4.69, 9.17) is 4.74 Å². The van der Waals surface area contributed by atoms with Crippen LogP contribution in [0, 0.1) is 6.92 Å². The van der Waals surface area contributed by atoms with Crippen LogP contribution in [0.15, 0.2) is 36.4 Å². The smallest absolute Gasteiger partial charge is 0.306 e. The molecule has 0 spiro atoms. The van der Waals surface area contributed by atoms with Crippen molar-refractivity contribution in [1.29, 1.82) is 0 Å². The zero-order chi connectivity index (χ0) is 25.5. The molecule has 6 nitrogen and oxygen atoms in total. The van der Waals surface area contributed by atoms with E-state index in [0.29, 0.717) is 19.4 Å². The van der Waals surface area contributed by atoms with Gasteiger partial charge in [-0.05, 0) is 98.4 Å². The van der Waals surface area contributed by atoms with E-state index < -0.39 is 0 Å². The third-order valence-electron chi connectivity index (χ3n) is 8.04. The van der Waals surface area contributed by atoms with Crippen LogP contribution >= 0.6 is 11.3 Å². The quantitative estimate of drug-likeness (QED) is 0.406. The van der Waals surface area contributed by atoms with Crippen molar-refractivity contribution in [2.45, 2.75) is 65.3 Å². The average molecular weight is 517 g/mol. The summed E-state index contributed by atoms with van der Waals surface area (Å²) in [6.07, 6.45) is 7.27. The second kappa shape index (κ2) is 10.0. The molecule has 37 heavy (non-hydrogen) atoms. The first-order valence-corrected chi connectivity index (χ1v) is 14.4. The summed E-state index contributed by atoms with van der Waals surface area (Å²) in [6, 6.07) is 13.5. The van der Waals surface area contributed by atoms with Crippen LogP contribution in [0.25, 0.3) is 0 Å². The lowest BCUT2D eigenvalue weighted by atomic mass is 9.96. The average Bonchev–Trinajstić information content (AvgIpc) is 3.49. The molecule has 2 aliphatic heterocycles. The number of carbonyl (C=O) groups is 1. The fourth-order valence-corrected chi connectivity index (χ4v) is 7.34. The van der Waals surface area contributed by atoms with Crippen LogP contribution in [0.3, 0.4) is 0 Å². The molecular formula is C30H36N4O2S. The van der Waals surface area contributed by atoms with Gasteiger partial charge < -0.3 is 9.64 Å². The Kier molecular flexibility index (Phi) is 6.59. The second-order valence-electron chi connectivity index (χ2n) is 10.3. The molecule has 0 radical (unpaired) electrons. The van der Waals surface area contributed by atoms with Gasteiger partial charge in [0.25, 0.3) is 0 Å². The summed E-state index contributed by atoms with van der Waals surface area (Å²) in [5.41, 5.74) is 13.9. The minimum absolute atomic E-state index is 0.136. The number of carbonyl (C=O) groups excluding carboxylic acids is 1. The predicted molar refractivity (Wildman–Crippen MR) is 152 cm³/mol. The molecule has 1 N–H and O–H groups in total. The van der Waals surface area contributed by atoms with Gasteiger partial charge in [-0.15, -0.1) is 16.9 Å². The number of nitrogens with zero attached hydrogens (tertiary/aromatic N) is 3. The van der Waals surface area contributed by atoms with Crippen molar-refractivity contribution in [2.24, 2.45) is 0 Å². The first-order valence-electron chi connectivity index (χ1n) is 13.6. The highest BCUT2D eigenvalue weighted by Crippen LogP contribution is 2.44. The molecule has 0 saturated carbocycles. The lowest BCUT2D eigenvalue weighted by molar-refractivity contribution is -0.143. The fraction of sp³-hybridized carbons (Fsp3) is 0.433. The van der Waals surface area contributed by atoms with E-state index in [-0.39, 0.29) is 5.97 Å². The van der Waals surface area contributed by atoms with Gasteiger partial charge in [0.1, 0.15) is 0 Å². The third kappa shape index (κ3) is 4.48. The molecule has 6 rings (SSSR count). The number of ether oxygens (including phenoxy) is 1. The van der Waals surface area contributed by atoms with E-state index in [9.17, 15) is 4.79 Å². The predicted octanol–water partition coefficient (Wildman–Crippen LogP) is 6.00. The molecular weight excluding hydrogens is 480 g/mol. The molecule has 1 aromatic heterocycles. The highest BCUT2D eigenvalue weighted by Gasteiger charge is 2.31. The Bertz CT molecular complexity index is 1310. The Hall–Kier alpha value is -3.03. The summed E-state index contributed by atoms with van der Waals surface area (Å²) < 4.78 is 5.16. The number of hydrazine groups is 2. The van der Waals surface area contributed by atoms with Gasteiger partial charge in [-0.1, -0.05) is 18.2 Å². The van der Waals surface area contributed by atoms with E-state index >= 15 is 0 Å². The van der Waals surface area contributed by atoms with Crippen LogP contribution in [0.4, 0.5) is 22.1 Å². The lowest BCUT2D eigenvalue weighted by Gasteiger charge is -2.33. The molecule has 0 bridgehead atoms. The maximum atomic E-state index is 12.0. The molecule has 0 atom stereocenters. The largest absolute Gasteiger partial charge is 0.466 e. The number of aryl methyl sites for hydroxylation is 3. The minimum atomic E-state index is -0.136. The lowest BCUT2D eigenvalue weighted by Crippen LogP contribution is -2.40. The number of thiophene rings is 1. The molecule has 3 aliphatic rings. The van der Waals surface area contributed by atoms with E-state index in [0.717, 1.165) is 25.2 Å². The van der Waals surface area contributed by atoms with Crippen molar-refractivity contribution in [3.63, 3.8) is 0 Å². The van der Waals surface area contributed by atoms with Gasteiger partial charge in [0.2, 0.25) is 0 Å².